The number of likely N-dealkylation sites (tertiary alicyclic amines) is 1. The van der Waals surface area contributed by atoms with E-state index in [1.54, 1.807) is 0 Å². The Hall–Kier alpha value is -1.88. The van der Waals surface area contributed by atoms with E-state index in [4.69, 9.17) is 0 Å². The molecule has 1 aliphatic heterocycles. The number of aromatic nitrogens is 2. The molecule has 3 heterocycles. The van der Waals surface area contributed by atoms with Crippen molar-refractivity contribution in [3.63, 3.8) is 0 Å². The van der Waals surface area contributed by atoms with Crippen molar-refractivity contribution in [2.24, 2.45) is 0 Å². The van der Waals surface area contributed by atoms with Crippen molar-refractivity contribution in [1.82, 2.24) is 14.3 Å². The smallest absolute Gasteiger partial charge is 0.356 e. The van der Waals surface area contributed by atoms with E-state index in [-0.39, 0.29) is 5.69 Å². The Morgan fingerprint density at radius 3 is 2.90 bits per heavy atom. The number of imidazole rings is 1. The summed E-state index contributed by atoms with van der Waals surface area (Å²) >= 11 is 0. The summed E-state index contributed by atoms with van der Waals surface area (Å²) in [6.07, 6.45) is 2.94. The molecule has 0 amide bonds. The zero-order valence-electron chi connectivity index (χ0n) is 11.8. The molecule has 1 atom stereocenters. The summed E-state index contributed by atoms with van der Waals surface area (Å²) in [5.41, 5.74) is 0.835. The molecule has 2 aromatic rings. The van der Waals surface area contributed by atoms with Crippen LogP contribution in [0.5, 0.6) is 0 Å². The van der Waals surface area contributed by atoms with Gasteiger partial charge in [0.05, 0.1) is 5.52 Å². The van der Waals surface area contributed by atoms with Crippen LogP contribution in [0.1, 0.15) is 42.5 Å². The maximum atomic E-state index is 11.3. The summed E-state index contributed by atoms with van der Waals surface area (Å²) in [5, 5.41) is 9.29. The molecule has 3 rings (SSSR count). The van der Waals surface area contributed by atoms with Gasteiger partial charge in [-0.15, -0.1) is 0 Å². The highest BCUT2D eigenvalue weighted by Gasteiger charge is 2.30. The van der Waals surface area contributed by atoms with Crippen molar-refractivity contribution in [3.05, 3.63) is 35.9 Å². The molecular formula is C15H19N3O2. The Kier molecular flexibility index (Phi) is 3.22. The SMILES string of the molecule is CC(C)N1CCC(c2nc(C(=O)O)c3ccccn23)C1. The van der Waals surface area contributed by atoms with Crippen LogP contribution in [-0.4, -0.2) is 44.5 Å². The van der Waals surface area contributed by atoms with Gasteiger partial charge in [-0.05, 0) is 38.9 Å². The van der Waals surface area contributed by atoms with Gasteiger partial charge in [0.1, 0.15) is 5.82 Å². The van der Waals surface area contributed by atoms with Crippen LogP contribution in [0.25, 0.3) is 5.52 Å². The first-order valence-corrected chi connectivity index (χ1v) is 7.02. The Balaban J connectivity index is 2.02. The largest absolute Gasteiger partial charge is 0.476 e. The van der Waals surface area contributed by atoms with E-state index in [9.17, 15) is 9.90 Å². The number of carboxylic acids is 1. The third kappa shape index (κ3) is 2.08. The van der Waals surface area contributed by atoms with Crippen molar-refractivity contribution >= 4 is 11.5 Å². The highest BCUT2D eigenvalue weighted by molar-refractivity contribution is 5.93. The second kappa shape index (κ2) is 4.90. The van der Waals surface area contributed by atoms with Crippen molar-refractivity contribution in [2.45, 2.75) is 32.2 Å². The molecule has 0 spiro atoms. The fourth-order valence-corrected chi connectivity index (χ4v) is 2.97. The third-order valence-corrected chi connectivity index (χ3v) is 4.09. The maximum absolute atomic E-state index is 11.3. The second-order valence-electron chi connectivity index (χ2n) is 5.65. The topological polar surface area (TPSA) is 57.8 Å². The molecule has 0 aliphatic carbocycles. The van der Waals surface area contributed by atoms with Crippen LogP contribution in [0.2, 0.25) is 0 Å². The summed E-state index contributed by atoms with van der Waals surface area (Å²) < 4.78 is 1.93. The Labute approximate surface area is 117 Å². The zero-order chi connectivity index (χ0) is 14.3. The molecule has 1 aliphatic rings. The molecule has 0 aromatic carbocycles. The molecule has 1 unspecified atom stereocenters. The van der Waals surface area contributed by atoms with Crippen LogP contribution in [0.4, 0.5) is 0 Å². The lowest BCUT2D eigenvalue weighted by atomic mass is 10.1. The molecule has 1 fully saturated rings. The van der Waals surface area contributed by atoms with Crippen LogP contribution in [0.3, 0.4) is 0 Å². The molecule has 0 saturated carbocycles. The van der Waals surface area contributed by atoms with E-state index in [1.165, 1.54) is 0 Å². The third-order valence-electron chi connectivity index (χ3n) is 4.09. The van der Waals surface area contributed by atoms with Gasteiger partial charge in [-0.3, -0.25) is 0 Å². The summed E-state index contributed by atoms with van der Waals surface area (Å²) in [7, 11) is 0. The number of carbonyl (C=O) groups is 1. The summed E-state index contributed by atoms with van der Waals surface area (Å²) in [4.78, 5) is 18.1. The monoisotopic (exact) mass is 273 g/mol. The molecule has 0 radical (unpaired) electrons. The Bertz CT molecular complexity index is 648. The lowest BCUT2D eigenvalue weighted by Gasteiger charge is -2.19. The van der Waals surface area contributed by atoms with Crippen molar-refractivity contribution in [3.8, 4) is 0 Å². The number of fused-ring (bicyclic) bond motifs is 1. The lowest BCUT2D eigenvalue weighted by molar-refractivity contribution is 0.0693. The van der Waals surface area contributed by atoms with Gasteiger partial charge in [-0.1, -0.05) is 6.07 Å². The number of aromatic carboxylic acids is 1. The maximum Gasteiger partial charge on any atom is 0.356 e. The van der Waals surface area contributed by atoms with Crippen molar-refractivity contribution in [1.29, 1.82) is 0 Å². The van der Waals surface area contributed by atoms with Gasteiger partial charge in [-0.25, -0.2) is 9.78 Å². The Morgan fingerprint density at radius 1 is 1.45 bits per heavy atom. The number of carboxylic acid groups (broad SMARTS) is 1. The number of nitrogens with zero attached hydrogens (tertiary/aromatic N) is 3. The molecular weight excluding hydrogens is 254 g/mol. The highest BCUT2D eigenvalue weighted by Crippen LogP contribution is 2.29. The van der Waals surface area contributed by atoms with Gasteiger partial charge in [0, 0.05) is 24.7 Å². The molecule has 5 nitrogen and oxygen atoms in total. The van der Waals surface area contributed by atoms with Gasteiger partial charge in [0.25, 0.3) is 0 Å². The van der Waals surface area contributed by atoms with Gasteiger partial charge in [0.15, 0.2) is 5.69 Å². The molecule has 106 valence electrons. The minimum Gasteiger partial charge on any atom is -0.476 e. The minimum atomic E-state index is -0.960. The standard InChI is InChI=1S/C15H19N3O2/c1-10(2)17-8-6-11(9-17)14-16-13(15(19)20)12-5-3-4-7-18(12)14/h3-5,7,10-11H,6,8-9H2,1-2H3,(H,19,20). The van der Waals surface area contributed by atoms with Crippen LogP contribution in [0.15, 0.2) is 24.4 Å². The number of hydrogen-bond acceptors (Lipinski definition) is 3. The quantitative estimate of drug-likeness (QED) is 0.931. The first-order chi connectivity index (χ1) is 9.58. The van der Waals surface area contributed by atoms with E-state index >= 15 is 0 Å². The molecule has 1 saturated heterocycles. The van der Waals surface area contributed by atoms with E-state index in [2.05, 4.69) is 23.7 Å². The highest BCUT2D eigenvalue weighted by atomic mass is 16.4. The number of hydrogen-bond donors (Lipinski definition) is 1. The zero-order valence-corrected chi connectivity index (χ0v) is 11.8. The molecule has 1 N–H and O–H groups in total. The minimum absolute atomic E-state index is 0.156. The number of pyridine rings is 1. The normalized spacial score (nSPS) is 20.1. The molecule has 20 heavy (non-hydrogen) atoms. The van der Waals surface area contributed by atoms with Crippen LogP contribution < -0.4 is 0 Å². The molecule has 0 bridgehead atoms. The predicted molar refractivity (Wildman–Crippen MR) is 76.2 cm³/mol. The fourth-order valence-electron chi connectivity index (χ4n) is 2.97. The Morgan fingerprint density at radius 2 is 2.25 bits per heavy atom. The summed E-state index contributed by atoms with van der Waals surface area (Å²) in [6, 6.07) is 6.10. The van der Waals surface area contributed by atoms with E-state index < -0.39 is 5.97 Å². The fraction of sp³-hybridized carbons (Fsp3) is 0.467. The van der Waals surface area contributed by atoms with E-state index in [0.29, 0.717) is 17.5 Å². The van der Waals surface area contributed by atoms with Crippen molar-refractivity contribution in [2.75, 3.05) is 13.1 Å². The predicted octanol–water partition coefficient (Wildman–Crippen LogP) is 2.23. The van der Waals surface area contributed by atoms with E-state index in [0.717, 1.165) is 25.3 Å². The first kappa shape index (κ1) is 13.1. The second-order valence-corrected chi connectivity index (χ2v) is 5.65. The number of rotatable bonds is 3. The van der Waals surface area contributed by atoms with Gasteiger partial charge in [0.2, 0.25) is 0 Å². The van der Waals surface area contributed by atoms with Crippen molar-refractivity contribution < 1.29 is 9.90 Å². The van der Waals surface area contributed by atoms with Gasteiger partial charge < -0.3 is 14.4 Å². The average molecular weight is 273 g/mol. The van der Waals surface area contributed by atoms with Crippen LogP contribution in [0, 0.1) is 0 Å². The van der Waals surface area contributed by atoms with Gasteiger partial charge >= 0.3 is 5.97 Å². The lowest BCUT2D eigenvalue weighted by Crippen LogP contribution is -2.28. The molecule has 2 aromatic heterocycles. The molecule has 5 heteroatoms. The van der Waals surface area contributed by atoms with Crippen LogP contribution >= 0.6 is 0 Å². The first-order valence-electron chi connectivity index (χ1n) is 7.02. The van der Waals surface area contributed by atoms with Crippen LogP contribution in [-0.2, 0) is 0 Å². The summed E-state index contributed by atoms with van der Waals surface area (Å²) in [5.74, 6) is 0.222. The average Bonchev–Trinajstić information content (AvgIpc) is 3.02. The van der Waals surface area contributed by atoms with Gasteiger partial charge in [-0.2, -0.15) is 0 Å². The van der Waals surface area contributed by atoms with E-state index in [1.807, 2.05) is 28.8 Å². The summed E-state index contributed by atoms with van der Waals surface area (Å²) in [6.45, 7) is 6.38.